The van der Waals surface area contributed by atoms with Gasteiger partial charge in [-0.3, -0.25) is 0 Å². The smallest absolute Gasteiger partial charge is 0.328 e. The van der Waals surface area contributed by atoms with E-state index in [-0.39, 0.29) is 0 Å². The molecule has 0 aliphatic carbocycles. The van der Waals surface area contributed by atoms with E-state index >= 15 is 0 Å². The number of nitrogens with zero attached hydrogens (tertiary/aromatic N) is 1. The van der Waals surface area contributed by atoms with Crippen LogP contribution in [0.25, 0.3) is 6.08 Å². The number of benzene rings is 2. The zero-order valence-corrected chi connectivity index (χ0v) is 13.7. The zero-order valence-electron chi connectivity index (χ0n) is 13.7. The molecule has 0 aliphatic heterocycles. The summed E-state index contributed by atoms with van der Waals surface area (Å²) in [4.78, 5) is 12.8. The molecule has 1 heterocycles. The summed E-state index contributed by atoms with van der Waals surface area (Å²) in [5, 5.41) is 8.74. The van der Waals surface area contributed by atoms with Crippen molar-refractivity contribution in [1.82, 2.24) is 0 Å². The number of carboxylic acid groups (broad SMARTS) is 1. The van der Waals surface area contributed by atoms with Crippen LogP contribution in [-0.2, 0) is 17.9 Å². The topological polar surface area (TPSA) is 53.7 Å². The van der Waals surface area contributed by atoms with E-state index in [4.69, 9.17) is 9.52 Å². The van der Waals surface area contributed by atoms with Crippen LogP contribution in [0.3, 0.4) is 0 Å². The van der Waals surface area contributed by atoms with Crippen LogP contribution in [0.2, 0.25) is 0 Å². The Bertz CT molecular complexity index is 796. The Morgan fingerprint density at radius 1 is 0.880 bits per heavy atom. The second-order valence-corrected chi connectivity index (χ2v) is 5.67. The predicted octanol–water partition coefficient (Wildman–Crippen LogP) is 4.58. The van der Waals surface area contributed by atoms with Crippen molar-refractivity contribution < 1.29 is 14.3 Å². The van der Waals surface area contributed by atoms with Crippen LogP contribution in [-0.4, -0.2) is 11.1 Å². The fraction of sp³-hybridized carbons (Fsp3) is 0.0952. The first-order valence-electron chi connectivity index (χ1n) is 8.04. The molecule has 1 aromatic heterocycles. The van der Waals surface area contributed by atoms with E-state index in [1.165, 1.54) is 17.2 Å². The monoisotopic (exact) mass is 333 g/mol. The number of carboxylic acids is 1. The molecule has 126 valence electrons. The molecular formula is C21H19NO3. The van der Waals surface area contributed by atoms with Gasteiger partial charge in [0.2, 0.25) is 0 Å². The van der Waals surface area contributed by atoms with Crippen LogP contribution in [0.5, 0.6) is 0 Å². The standard InChI is InChI=1S/C21H19NO3/c23-21(24)14-12-19-11-13-20(25-19)22(15-17-7-3-1-4-8-17)16-18-9-5-2-6-10-18/h1-14H,15-16H2,(H,23,24)/b14-12+. The van der Waals surface area contributed by atoms with Crippen molar-refractivity contribution in [3.05, 3.63) is 95.8 Å². The number of aliphatic carboxylic acids is 1. The highest BCUT2D eigenvalue weighted by Gasteiger charge is 2.12. The van der Waals surface area contributed by atoms with E-state index in [1.807, 2.05) is 42.5 Å². The minimum Gasteiger partial charge on any atom is -0.478 e. The highest BCUT2D eigenvalue weighted by atomic mass is 16.4. The van der Waals surface area contributed by atoms with Crippen molar-refractivity contribution in [3.63, 3.8) is 0 Å². The van der Waals surface area contributed by atoms with Crippen LogP contribution in [0.4, 0.5) is 5.88 Å². The summed E-state index contributed by atoms with van der Waals surface area (Å²) >= 11 is 0. The summed E-state index contributed by atoms with van der Waals surface area (Å²) in [7, 11) is 0. The van der Waals surface area contributed by atoms with Gasteiger partial charge in [-0.2, -0.15) is 0 Å². The highest BCUT2D eigenvalue weighted by molar-refractivity contribution is 5.84. The summed E-state index contributed by atoms with van der Waals surface area (Å²) < 4.78 is 5.82. The van der Waals surface area contributed by atoms with Gasteiger partial charge < -0.3 is 14.4 Å². The van der Waals surface area contributed by atoms with Gasteiger partial charge in [-0.05, 0) is 23.3 Å². The molecule has 0 amide bonds. The van der Waals surface area contributed by atoms with Crippen LogP contribution in [0, 0.1) is 0 Å². The Kier molecular flexibility index (Phi) is 5.32. The molecule has 0 fully saturated rings. The average molecular weight is 333 g/mol. The number of carbonyl (C=O) groups is 1. The molecule has 3 rings (SSSR count). The molecule has 0 radical (unpaired) electrons. The van der Waals surface area contributed by atoms with Gasteiger partial charge >= 0.3 is 5.97 Å². The quantitative estimate of drug-likeness (QED) is 0.643. The first-order chi connectivity index (χ1) is 12.2. The van der Waals surface area contributed by atoms with Crippen molar-refractivity contribution in [1.29, 1.82) is 0 Å². The third-order valence-electron chi connectivity index (χ3n) is 3.75. The Balaban J connectivity index is 1.84. The number of rotatable bonds is 7. The summed E-state index contributed by atoms with van der Waals surface area (Å²) in [6.07, 6.45) is 2.52. The van der Waals surface area contributed by atoms with Crippen molar-refractivity contribution in [2.75, 3.05) is 4.90 Å². The summed E-state index contributed by atoms with van der Waals surface area (Å²) in [5.41, 5.74) is 2.36. The Morgan fingerprint density at radius 2 is 1.44 bits per heavy atom. The van der Waals surface area contributed by atoms with Crippen molar-refractivity contribution in [3.8, 4) is 0 Å². The maximum absolute atomic E-state index is 10.7. The third kappa shape index (κ3) is 4.85. The van der Waals surface area contributed by atoms with Gasteiger partial charge in [0.1, 0.15) is 5.76 Å². The Hall–Kier alpha value is -3.27. The molecule has 1 N–H and O–H groups in total. The predicted molar refractivity (Wildman–Crippen MR) is 98.1 cm³/mol. The molecule has 4 nitrogen and oxygen atoms in total. The lowest BCUT2D eigenvalue weighted by molar-refractivity contribution is -0.131. The van der Waals surface area contributed by atoms with Gasteiger partial charge in [0, 0.05) is 25.2 Å². The Labute approximate surface area is 146 Å². The van der Waals surface area contributed by atoms with Gasteiger partial charge in [0.05, 0.1) is 0 Å². The van der Waals surface area contributed by atoms with Gasteiger partial charge in [0.25, 0.3) is 0 Å². The van der Waals surface area contributed by atoms with Gasteiger partial charge in [-0.25, -0.2) is 4.79 Å². The number of anilines is 1. The van der Waals surface area contributed by atoms with E-state index in [0.29, 0.717) is 24.7 Å². The highest BCUT2D eigenvalue weighted by Crippen LogP contribution is 2.23. The summed E-state index contributed by atoms with van der Waals surface area (Å²) in [6, 6.07) is 24.0. The maximum atomic E-state index is 10.7. The van der Waals surface area contributed by atoms with Crippen molar-refractivity contribution >= 4 is 17.9 Å². The van der Waals surface area contributed by atoms with Crippen LogP contribution < -0.4 is 4.90 Å². The lowest BCUT2D eigenvalue weighted by atomic mass is 10.1. The number of hydrogen-bond acceptors (Lipinski definition) is 3. The SMILES string of the molecule is O=C(O)/C=C/c1ccc(N(Cc2ccccc2)Cc2ccccc2)o1. The molecule has 4 heteroatoms. The molecule has 0 bridgehead atoms. The third-order valence-corrected chi connectivity index (χ3v) is 3.75. The van der Waals surface area contributed by atoms with E-state index in [1.54, 1.807) is 6.07 Å². The van der Waals surface area contributed by atoms with Crippen molar-refractivity contribution in [2.45, 2.75) is 13.1 Å². The second kappa shape index (κ2) is 8.02. The average Bonchev–Trinajstić information content (AvgIpc) is 3.10. The first-order valence-corrected chi connectivity index (χ1v) is 8.04. The summed E-state index contributed by atoms with van der Waals surface area (Å²) in [6.45, 7) is 1.40. The zero-order chi connectivity index (χ0) is 17.5. The maximum Gasteiger partial charge on any atom is 0.328 e. The van der Waals surface area contributed by atoms with Crippen LogP contribution >= 0.6 is 0 Å². The molecule has 2 aromatic carbocycles. The lowest BCUT2D eigenvalue weighted by Gasteiger charge is -2.22. The normalized spacial score (nSPS) is 10.9. The molecule has 0 atom stereocenters. The van der Waals surface area contributed by atoms with E-state index in [9.17, 15) is 4.79 Å². The van der Waals surface area contributed by atoms with E-state index in [0.717, 1.165) is 6.08 Å². The van der Waals surface area contributed by atoms with Gasteiger partial charge in [-0.15, -0.1) is 0 Å². The fourth-order valence-corrected chi connectivity index (χ4v) is 2.57. The first kappa shape index (κ1) is 16.6. The lowest BCUT2D eigenvalue weighted by Crippen LogP contribution is -2.21. The van der Waals surface area contributed by atoms with Gasteiger partial charge in [0.15, 0.2) is 5.88 Å². The molecular weight excluding hydrogens is 314 g/mol. The summed E-state index contributed by atoms with van der Waals surface area (Å²) in [5.74, 6) is 0.227. The largest absolute Gasteiger partial charge is 0.478 e. The molecule has 25 heavy (non-hydrogen) atoms. The minimum absolute atomic E-state index is 0.517. The fourth-order valence-electron chi connectivity index (χ4n) is 2.57. The number of hydrogen-bond donors (Lipinski definition) is 1. The molecule has 0 saturated carbocycles. The molecule has 0 aliphatic rings. The second-order valence-electron chi connectivity index (χ2n) is 5.67. The molecule has 0 saturated heterocycles. The van der Waals surface area contributed by atoms with Crippen LogP contribution in [0.15, 0.2) is 83.3 Å². The van der Waals surface area contributed by atoms with Gasteiger partial charge in [-0.1, -0.05) is 60.7 Å². The van der Waals surface area contributed by atoms with Crippen molar-refractivity contribution in [2.24, 2.45) is 0 Å². The Morgan fingerprint density at radius 3 is 1.96 bits per heavy atom. The molecule has 3 aromatic rings. The van der Waals surface area contributed by atoms with E-state index < -0.39 is 5.97 Å². The van der Waals surface area contributed by atoms with Crippen LogP contribution in [0.1, 0.15) is 16.9 Å². The molecule has 0 unspecified atom stereocenters. The molecule has 0 spiro atoms. The number of furan rings is 1. The minimum atomic E-state index is -0.997. The van der Waals surface area contributed by atoms with E-state index in [2.05, 4.69) is 29.2 Å².